The Labute approximate surface area is 134 Å². The van der Waals surface area contributed by atoms with Crippen molar-refractivity contribution in [1.82, 2.24) is 10.2 Å². The third-order valence-corrected chi connectivity index (χ3v) is 3.83. The van der Waals surface area contributed by atoms with Gasteiger partial charge in [0, 0.05) is 18.9 Å². The van der Waals surface area contributed by atoms with E-state index in [1.54, 1.807) is 0 Å². The second-order valence-corrected chi connectivity index (χ2v) is 5.39. The number of nitrogens with zero attached hydrogens (tertiary/aromatic N) is 2. The Morgan fingerprint density at radius 3 is 2.78 bits per heavy atom. The lowest BCUT2D eigenvalue weighted by atomic mass is 9.92. The number of carbonyl (C=O) groups is 2. The minimum Gasteiger partial charge on any atom is -0.465 e. The number of nitrogens with one attached hydrogen (secondary N) is 1. The molecule has 2 atom stereocenters. The Balaban J connectivity index is 1.96. The van der Waals surface area contributed by atoms with Crippen LogP contribution >= 0.6 is 0 Å². The number of carbonyl (C=O) groups excluding carboxylic acids is 1. The SMILES string of the molecule is N#CCC1CCCN(C(=O)O)C1NC(=O)OCc1ccccc1. The number of nitriles is 1. The first-order valence-corrected chi connectivity index (χ1v) is 7.45. The number of hydrogen-bond acceptors (Lipinski definition) is 4. The van der Waals surface area contributed by atoms with Gasteiger partial charge in [-0.1, -0.05) is 30.3 Å². The van der Waals surface area contributed by atoms with Crippen LogP contribution in [0.4, 0.5) is 9.59 Å². The van der Waals surface area contributed by atoms with Gasteiger partial charge in [-0.05, 0) is 18.4 Å². The highest BCUT2D eigenvalue weighted by molar-refractivity contribution is 5.70. The van der Waals surface area contributed by atoms with E-state index in [4.69, 9.17) is 10.00 Å². The largest absolute Gasteiger partial charge is 0.465 e. The minimum atomic E-state index is -1.11. The van der Waals surface area contributed by atoms with Crippen molar-refractivity contribution in [2.45, 2.75) is 32.0 Å². The van der Waals surface area contributed by atoms with Crippen LogP contribution in [0.2, 0.25) is 0 Å². The highest BCUT2D eigenvalue weighted by Crippen LogP contribution is 2.25. The normalized spacial score (nSPS) is 20.4. The molecule has 2 N–H and O–H groups in total. The summed E-state index contributed by atoms with van der Waals surface area (Å²) in [7, 11) is 0. The summed E-state index contributed by atoms with van der Waals surface area (Å²) in [5.41, 5.74) is 0.843. The molecule has 0 spiro atoms. The predicted octanol–water partition coefficient (Wildman–Crippen LogP) is 2.54. The van der Waals surface area contributed by atoms with E-state index in [9.17, 15) is 14.7 Å². The highest BCUT2D eigenvalue weighted by Gasteiger charge is 2.35. The van der Waals surface area contributed by atoms with E-state index in [-0.39, 0.29) is 18.9 Å². The lowest BCUT2D eigenvalue weighted by Gasteiger charge is -2.38. The quantitative estimate of drug-likeness (QED) is 0.888. The van der Waals surface area contributed by atoms with E-state index in [0.717, 1.165) is 10.5 Å². The average molecular weight is 317 g/mol. The van der Waals surface area contributed by atoms with E-state index < -0.39 is 18.4 Å². The number of carboxylic acid groups (broad SMARTS) is 1. The van der Waals surface area contributed by atoms with Gasteiger partial charge in [0.15, 0.2) is 0 Å². The average Bonchev–Trinajstić information content (AvgIpc) is 2.55. The Bertz CT molecular complexity index is 585. The van der Waals surface area contributed by atoms with Gasteiger partial charge >= 0.3 is 12.2 Å². The van der Waals surface area contributed by atoms with Crippen molar-refractivity contribution in [3.05, 3.63) is 35.9 Å². The molecule has 1 fully saturated rings. The van der Waals surface area contributed by atoms with Crippen LogP contribution in [0.15, 0.2) is 30.3 Å². The fourth-order valence-electron chi connectivity index (χ4n) is 2.70. The topological polar surface area (TPSA) is 103 Å². The van der Waals surface area contributed by atoms with Gasteiger partial charge in [-0.15, -0.1) is 0 Å². The summed E-state index contributed by atoms with van der Waals surface area (Å²) in [5, 5.41) is 20.7. The third-order valence-electron chi connectivity index (χ3n) is 3.83. The molecule has 122 valence electrons. The van der Waals surface area contributed by atoms with E-state index in [1.807, 2.05) is 36.4 Å². The summed E-state index contributed by atoms with van der Waals surface area (Å²) in [6.07, 6.45) is -0.968. The first-order valence-electron chi connectivity index (χ1n) is 7.45. The van der Waals surface area contributed by atoms with Crippen molar-refractivity contribution in [2.24, 2.45) is 5.92 Å². The van der Waals surface area contributed by atoms with Crippen molar-refractivity contribution >= 4 is 12.2 Å². The van der Waals surface area contributed by atoms with Gasteiger partial charge in [-0.25, -0.2) is 9.59 Å². The Morgan fingerprint density at radius 2 is 2.13 bits per heavy atom. The molecule has 2 unspecified atom stereocenters. The molecule has 0 aromatic heterocycles. The number of amides is 2. The summed E-state index contributed by atoms with van der Waals surface area (Å²) >= 11 is 0. The molecular formula is C16H19N3O4. The predicted molar refractivity (Wildman–Crippen MR) is 81.2 cm³/mol. The molecule has 1 aromatic carbocycles. The van der Waals surface area contributed by atoms with Gasteiger partial charge in [0.25, 0.3) is 0 Å². The van der Waals surface area contributed by atoms with Crippen LogP contribution in [-0.4, -0.2) is 34.9 Å². The number of piperidine rings is 1. The molecule has 0 aliphatic carbocycles. The van der Waals surface area contributed by atoms with Crippen molar-refractivity contribution in [1.29, 1.82) is 5.26 Å². The monoisotopic (exact) mass is 317 g/mol. The molecule has 7 nitrogen and oxygen atoms in total. The van der Waals surface area contributed by atoms with Gasteiger partial charge < -0.3 is 15.2 Å². The van der Waals surface area contributed by atoms with E-state index in [2.05, 4.69) is 5.32 Å². The third kappa shape index (κ3) is 4.61. The van der Waals surface area contributed by atoms with Crippen LogP contribution in [0.5, 0.6) is 0 Å². The summed E-state index contributed by atoms with van der Waals surface area (Å²) in [6.45, 7) is 0.441. The molecule has 23 heavy (non-hydrogen) atoms. The molecule has 2 amide bonds. The molecule has 1 saturated heterocycles. The highest BCUT2D eigenvalue weighted by atomic mass is 16.5. The number of benzene rings is 1. The van der Waals surface area contributed by atoms with Gasteiger partial charge in [0.05, 0.1) is 6.07 Å². The summed E-state index contributed by atoms with van der Waals surface area (Å²) in [4.78, 5) is 24.5. The van der Waals surface area contributed by atoms with Crippen LogP contribution in [0.3, 0.4) is 0 Å². The molecule has 0 saturated carbocycles. The van der Waals surface area contributed by atoms with Crippen LogP contribution < -0.4 is 5.32 Å². The molecule has 7 heteroatoms. The summed E-state index contributed by atoms with van der Waals surface area (Å²) in [6, 6.07) is 11.2. The van der Waals surface area contributed by atoms with E-state index in [1.165, 1.54) is 0 Å². The van der Waals surface area contributed by atoms with Gasteiger partial charge in [0.1, 0.15) is 12.8 Å². The van der Waals surface area contributed by atoms with Crippen molar-refractivity contribution in [3.8, 4) is 6.07 Å². The molecule has 2 rings (SSSR count). The molecule has 1 heterocycles. The Morgan fingerprint density at radius 1 is 1.39 bits per heavy atom. The van der Waals surface area contributed by atoms with Crippen LogP contribution in [0, 0.1) is 17.2 Å². The van der Waals surface area contributed by atoms with Crippen molar-refractivity contribution < 1.29 is 19.4 Å². The molecule has 1 aromatic rings. The molecule has 1 aliphatic heterocycles. The fourth-order valence-corrected chi connectivity index (χ4v) is 2.70. The van der Waals surface area contributed by atoms with Crippen LogP contribution in [-0.2, 0) is 11.3 Å². The Kier molecular flexibility index (Phi) is 5.80. The fraction of sp³-hybridized carbons (Fsp3) is 0.438. The second-order valence-electron chi connectivity index (χ2n) is 5.39. The molecular weight excluding hydrogens is 298 g/mol. The van der Waals surface area contributed by atoms with Crippen LogP contribution in [0.25, 0.3) is 0 Å². The standard InChI is InChI=1S/C16H19N3O4/c17-9-8-13-7-4-10-19(16(21)22)14(13)18-15(20)23-11-12-5-2-1-3-6-12/h1-3,5-6,13-14H,4,7-8,10-11H2,(H,18,20)(H,21,22). The van der Waals surface area contributed by atoms with Gasteiger partial charge in [0.2, 0.25) is 0 Å². The zero-order valence-electron chi connectivity index (χ0n) is 12.6. The van der Waals surface area contributed by atoms with Gasteiger partial charge in [-0.2, -0.15) is 5.26 Å². The van der Waals surface area contributed by atoms with Crippen molar-refractivity contribution in [3.63, 3.8) is 0 Å². The second kappa shape index (κ2) is 8.03. The maximum atomic E-state index is 12.0. The maximum absolute atomic E-state index is 12.0. The lowest BCUT2D eigenvalue weighted by molar-refractivity contribution is 0.0556. The number of likely N-dealkylation sites (tertiary alicyclic amines) is 1. The first kappa shape index (κ1) is 16.6. The first-order chi connectivity index (χ1) is 11.1. The number of hydrogen-bond donors (Lipinski definition) is 2. The smallest absolute Gasteiger partial charge is 0.409 e. The zero-order chi connectivity index (χ0) is 16.7. The Hall–Kier alpha value is -2.75. The molecule has 1 aliphatic rings. The number of alkyl carbamates (subject to hydrolysis) is 1. The summed E-state index contributed by atoms with van der Waals surface area (Å²) < 4.78 is 5.13. The minimum absolute atomic E-state index is 0.107. The molecule has 0 bridgehead atoms. The van der Waals surface area contributed by atoms with Crippen LogP contribution in [0.1, 0.15) is 24.8 Å². The van der Waals surface area contributed by atoms with Gasteiger partial charge in [-0.3, -0.25) is 4.90 Å². The number of rotatable bonds is 4. The zero-order valence-corrected chi connectivity index (χ0v) is 12.6. The van der Waals surface area contributed by atoms with E-state index >= 15 is 0 Å². The van der Waals surface area contributed by atoms with Crippen molar-refractivity contribution in [2.75, 3.05) is 6.54 Å². The van der Waals surface area contributed by atoms with E-state index in [0.29, 0.717) is 19.4 Å². The molecule has 0 radical (unpaired) electrons. The number of ether oxygens (including phenoxy) is 1. The lowest BCUT2D eigenvalue weighted by Crippen LogP contribution is -2.57. The summed E-state index contributed by atoms with van der Waals surface area (Å²) in [5.74, 6) is -0.228. The maximum Gasteiger partial charge on any atom is 0.409 e.